The number of rotatable bonds is 7. The summed E-state index contributed by atoms with van der Waals surface area (Å²) in [4.78, 5) is 21.1. The number of para-hydroxylation sites is 1. The van der Waals surface area contributed by atoms with Crippen molar-refractivity contribution < 1.29 is 9.53 Å². The summed E-state index contributed by atoms with van der Waals surface area (Å²) in [6, 6.07) is 9.48. The Balaban J connectivity index is 1.48. The molecule has 0 bridgehead atoms. The van der Waals surface area contributed by atoms with Crippen molar-refractivity contribution in [1.29, 1.82) is 0 Å². The molecule has 6 nitrogen and oxygen atoms in total. The minimum Gasteiger partial charge on any atom is -0.484 e. The van der Waals surface area contributed by atoms with Crippen molar-refractivity contribution in [2.24, 2.45) is 0 Å². The molecule has 0 unspecified atom stereocenters. The van der Waals surface area contributed by atoms with Crippen molar-refractivity contribution in [3.8, 4) is 5.75 Å². The quantitative estimate of drug-likeness (QED) is 0.763. The number of hydrogen-bond donors (Lipinski definition) is 0. The molecule has 1 aliphatic rings. The number of benzene rings is 1. The van der Waals surface area contributed by atoms with E-state index in [1.54, 1.807) is 0 Å². The first-order chi connectivity index (χ1) is 12.6. The first-order valence-corrected chi connectivity index (χ1v) is 9.25. The van der Waals surface area contributed by atoms with Crippen LogP contribution >= 0.6 is 0 Å². The first kappa shape index (κ1) is 18.5. The van der Waals surface area contributed by atoms with Gasteiger partial charge in [0, 0.05) is 44.5 Å². The zero-order valence-corrected chi connectivity index (χ0v) is 15.7. The van der Waals surface area contributed by atoms with Gasteiger partial charge in [-0.1, -0.05) is 18.2 Å². The minimum atomic E-state index is 0.0586. The van der Waals surface area contributed by atoms with E-state index in [9.17, 15) is 4.79 Å². The predicted molar refractivity (Wildman–Crippen MR) is 101 cm³/mol. The first-order valence-electron chi connectivity index (χ1n) is 9.25. The number of carbonyl (C=O) groups is 1. The number of nitrogens with zero attached hydrogens (tertiary/aromatic N) is 4. The predicted octanol–water partition coefficient (Wildman–Crippen LogP) is 2.23. The molecule has 6 heteroatoms. The highest BCUT2D eigenvalue weighted by atomic mass is 16.5. The Labute approximate surface area is 155 Å². The van der Waals surface area contributed by atoms with Crippen LogP contribution in [0.3, 0.4) is 0 Å². The van der Waals surface area contributed by atoms with Crippen LogP contribution in [0.2, 0.25) is 0 Å². The van der Waals surface area contributed by atoms with E-state index in [4.69, 9.17) is 4.74 Å². The third-order valence-electron chi connectivity index (χ3n) is 4.85. The second kappa shape index (κ2) is 8.85. The van der Waals surface area contributed by atoms with Crippen LogP contribution in [0.4, 0.5) is 0 Å². The van der Waals surface area contributed by atoms with Crippen LogP contribution in [0.5, 0.6) is 5.75 Å². The molecule has 0 saturated carbocycles. The van der Waals surface area contributed by atoms with Crippen molar-refractivity contribution in [3.05, 3.63) is 48.5 Å². The summed E-state index contributed by atoms with van der Waals surface area (Å²) < 4.78 is 7.83. The van der Waals surface area contributed by atoms with E-state index < -0.39 is 0 Å². The third-order valence-corrected chi connectivity index (χ3v) is 4.85. The topological polar surface area (TPSA) is 50.6 Å². The summed E-state index contributed by atoms with van der Waals surface area (Å²) in [5.74, 6) is 2.37. The van der Waals surface area contributed by atoms with Gasteiger partial charge in [0.1, 0.15) is 11.6 Å². The zero-order valence-electron chi connectivity index (χ0n) is 15.7. The maximum absolute atomic E-state index is 12.4. The Morgan fingerprint density at radius 3 is 2.65 bits per heavy atom. The van der Waals surface area contributed by atoms with Crippen LogP contribution in [0.25, 0.3) is 0 Å². The number of likely N-dealkylation sites (tertiary alicyclic amines) is 1. The molecule has 1 fully saturated rings. The van der Waals surface area contributed by atoms with E-state index in [1.165, 1.54) is 0 Å². The monoisotopic (exact) mass is 356 g/mol. The van der Waals surface area contributed by atoms with Crippen molar-refractivity contribution in [1.82, 2.24) is 19.4 Å². The molecule has 0 spiro atoms. The van der Waals surface area contributed by atoms with E-state index in [1.807, 2.05) is 41.4 Å². The van der Waals surface area contributed by atoms with E-state index >= 15 is 0 Å². The summed E-state index contributed by atoms with van der Waals surface area (Å²) >= 11 is 0. The Bertz CT molecular complexity index is 691. The smallest absolute Gasteiger partial charge is 0.260 e. The highest BCUT2D eigenvalue weighted by Crippen LogP contribution is 2.27. The molecule has 0 aliphatic carbocycles. The standard InChI is InChI=1S/C20H28N4O2/c1-22(2)14-15-24-13-10-21-20(24)17-8-11-23(12-9-17)19(25)16-26-18-6-4-3-5-7-18/h3-7,10,13,17H,8-9,11-12,14-16H2,1-2H3. The Morgan fingerprint density at radius 1 is 1.23 bits per heavy atom. The van der Waals surface area contributed by atoms with Crippen LogP contribution in [-0.4, -0.2) is 65.6 Å². The Morgan fingerprint density at radius 2 is 1.96 bits per heavy atom. The molecule has 26 heavy (non-hydrogen) atoms. The number of ether oxygens (including phenoxy) is 1. The highest BCUT2D eigenvalue weighted by molar-refractivity contribution is 5.77. The fraction of sp³-hybridized carbons (Fsp3) is 0.500. The molecule has 0 atom stereocenters. The largest absolute Gasteiger partial charge is 0.484 e. The average molecular weight is 356 g/mol. The number of likely N-dealkylation sites (N-methyl/N-ethyl adjacent to an activating group) is 1. The molecule has 1 amide bonds. The molecule has 2 heterocycles. The number of aromatic nitrogens is 2. The fourth-order valence-corrected chi connectivity index (χ4v) is 3.32. The molecule has 3 rings (SSSR count). The minimum absolute atomic E-state index is 0.0586. The SMILES string of the molecule is CN(C)CCn1ccnc1C1CCN(C(=O)COc2ccccc2)CC1. The van der Waals surface area contributed by atoms with Gasteiger partial charge in [-0.3, -0.25) is 4.79 Å². The Kier molecular flexibility index (Phi) is 6.28. The van der Waals surface area contributed by atoms with Gasteiger partial charge in [0.15, 0.2) is 6.61 Å². The zero-order chi connectivity index (χ0) is 18.4. The van der Waals surface area contributed by atoms with Gasteiger partial charge in [-0.15, -0.1) is 0 Å². The van der Waals surface area contributed by atoms with Crippen molar-refractivity contribution in [3.63, 3.8) is 0 Å². The van der Waals surface area contributed by atoms with E-state index in [-0.39, 0.29) is 12.5 Å². The molecule has 2 aromatic rings. The lowest BCUT2D eigenvalue weighted by Crippen LogP contribution is -2.41. The second-order valence-corrected chi connectivity index (χ2v) is 7.04. The normalized spacial score (nSPS) is 15.4. The van der Waals surface area contributed by atoms with Crippen molar-refractivity contribution in [2.45, 2.75) is 25.3 Å². The second-order valence-electron chi connectivity index (χ2n) is 7.04. The van der Waals surface area contributed by atoms with E-state index in [0.29, 0.717) is 5.92 Å². The molecule has 140 valence electrons. The van der Waals surface area contributed by atoms with Gasteiger partial charge in [0.2, 0.25) is 0 Å². The number of amides is 1. The van der Waals surface area contributed by atoms with Gasteiger partial charge in [0.25, 0.3) is 5.91 Å². The molecule has 1 aromatic carbocycles. The average Bonchev–Trinajstić information content (AvgIpc) is 3.14. The third kappa shape index (κ3) is 4.85. The summed E-state index contributed by atoms with van der Waals surface area (Å²) in [5, 5.41) is 0. The van der Waals surface area contributed by atoms with Crippen LogP contribution < -0.4 is 4.74 Å². The van der Waals surface area contributed by atoms with Gasteiger partial charge in [-0.2, -0.15) is 0 Å². The van der Waals surface area contributed by atoms with Crippen LogP contribution in [0.15, 0.2) is 42.7 Å². The van der Waals surface area contributed by atoms with E-state index in [0.717, 1.165) is 50.6 Å². The van der Waals surface area contributed by atoms with Gasteiger partial charge in [-0.25, -0.2) is 4.98 Å². The van der Waals surface area contributed by atoms with Crippen molar-refractivity contribution in [2.75, 3.05) is 40.3 Å². The number of piperidine rings is 1. The van der Waals surface area contributed by atoms with E-state index in [2.05, 4.69) is 34.7 Å². The molecule has 1 aliphatic heterocycles. The number of hydrogen-bond acceptors (Lipinski definition) is 4. The lowest BCUT2D eigenvalue weighted by atomic mass is 9.96. The molecular weight excluding hydrogens is 328 g/mol. The number of imidazole rings is 1. The van der Waals surface area contributed by atoms with Crippen LogP contribution in [0.1, 0.15) is 24.6 Å². The van der Waals surface area contributed by atoms with Crippen LogP contribution in [0, 0.1) is 0 Å². The Hall–Kier alpha value is -2.34. The highest BCUT2D eigenvalue weighted by Gasteiger charge is 2.26. The van der Waals surface area contributed by atoms with Gasteiger partial charge in [0.05, 0.1) is 0 Å². The van der Waals surface area contributed by atoms with Gasteiger partial charge < -0.3 is 19.1 Å². The number of carbonyl (C=O) groups excluding carboxylic acids is 1. The fourth-order valence-electron chi connectivity index (χ4n) is 3.32. The lowest BCUT2D eigenvalue weighted by molar-refractivity contribution is -0.134. The molecule has 1 saturated heterocycles. The molecule has 1 aromatic heterocycles. The maximum Gasteiger partial charge on any atom is 0.260 e. The molecule has 0 N–H and O–H groups in total. The summed E-state index contributed by atoms with van der Waals surface area (Å²) in [6.07, 6.45) is 5.85. The molecular formula is C20H28N4O2. The maximum atomic E-state index is 12.4. The van der Waals surface area contributed by atoms with Crippen LogP contribution in [-0.2, 0) is 11.3 Å². The van der Waals surface area contributed by atoms with Gasteiger partial charge >= 0.3 is 0 Å². The lowest BCUT2D eigenvalue weighted by Gasteiger charge is -2.32. The van der Waals surface area contributed by atoms with Crippen molar-refractivity contribution >= 4 is 5.91 Å². The summed E-state index contributed by atoms with van der Waals surface area (Å²) in [7, 11) is 4.16. The van der Waals surface area contributed by atoms with Gasteiger partial charge in [-0.05, 0) is 39.1 Å². The summed E-state index contributed by atoms with van der Waals surface area (Å²) in [6.45, 7) is 3.58. The summed E-state index contributed by atoms with van der Waals surface area (Å²) in [5.41, 5.74) is 0. The molecule has 0 radical (unpaired) electrons.